The van der Waals surface area contributed by atoms with E-state index in [1.54, 1.807) is 0 Å². The van der Waals surface area contributed by atoms with Gasteiger partial charge in [-0.15, -0.1) is 0 Å². The van der Waals surface area contributed by atoms with Gasteiger partial charge in [0.1, 0.15) is 0 Å². The Morgan fingerprint density at radius 1 is 1.07 bits per heavy atom. The lowest BCUT2D eigenvalue weighted by Crippen LogP contribution is -2.19. The van der Waals surface area contributed by atoms with Crippen LogP contribution in [-0.2, 0) is 13.0 Å². The molecule has 29 heavy (non-hydrogen) atoms. The van der Waals surface area contributed by atoms with E-state index in [1.165, 1.54) is 16.3 Å². The summed E-state index contributed by atoms with van der Waals surface area (Å²) in [5, 5.41) is 18.3. The zero-order chi connectivity index (χ0) is 20.4. The number of hydrogen-bond donors (Lipinski definition) is 2. The summed E-state index contributed by atoms with van der Waals surface area (Å²) in [6, 6.07) is 17.1. The summed E-state index contributed by atoms with van der Waals surface area (Å²) in [6.07, 6.45) is 2.98. The molecule has 0 bridgehead atoms. The zero-order valence-electron chi connectivity index (χ0n) is 17.6. The maximum absolute atomic E-state index is 4.71. The van der Waals surface area contributed by atoms with Gasteiger partial charge in [0.2, 0.25) is 0 Å². The normalized spacial score (nSPS) is 12.7. The Labute approximate surface area is 172 Å². The Morgan fingerprint density at radius 2 is 1.86 bits per heavy atom. The Kier molecular flexibility index (Phi) is 5.49. The number of rotatable bonds is 7. The first-order valence-electron chi connectivity index (χ1n) is 10.3. The van der Waals surface area contributed by atoms with Gasteiger partial charge >= 0.3 is 0 Å². The van der Waals surface area contributed by atoms with Crippen LogP contribution in [0.25, 0.3) is 16.5 Å². The molecule has 5 heteroatoms. The summed E-state index contributed by atoms with van der Waals surface area (Å²) in [5.41, 5.74) is 5.73. The summed E-state index contributed by atoms with van der Waals surface area (Å²) >= 11 is 0. The third-order valence-electron chi connectivity index (χ3n) is 5.41. The van der Waals surface area contributed by atoms with Crippen molar-refractivity contribution >= 4 is 10.8 Å². The largest absolute Gasteiger partial charge is 0.304 e. The molecule has 0 saturated carbocycles. The van der Waals surface area contributed by atoms with E-state index in [2.05, 4.69) is 91.7 Å². The summed E-state index contributed by atoms with van der Waals surface area (Å²) < 4.78 is 2.05. The van der Waals surface area contributed by atoms with Crippen LogP contribution in [0.1, 0.15) is 49.5 Å². The monoisotopic (exact) mass is 387 g/mol. The van der Waals surface area contributed by atoms with Gasteiger partial charge in [0.05, 0.1) is 17.6 Å². The lowest BCUT2D eigenvalue weighted by Gasteiger charge is -2.14. The van der Waals surface area contributed by atoms with E-state index in [1.807, 2.05) is 10.9 Å². The average molecular weight is 388 g/mol. The van der Waals surface area contributed by atoms with Crippen molar-refractivity contribution in [3.05, 3.63) is 77.4 Å². The van der Waals surface area contributed by atoms with Crippen LogP contribution in [0.3, 0.4) is 0 Å². The molecule has 1 unspecified atom stereocenters. The number of hydrogen-bond acceptors (Lipinski definition) is 3. The number of fused-ring (bicyclic) bond motifs is 1. The van der Waals surface area contributed by atoms with Crippen LogP contribution >= 0.6 is 0 Å². The molecule has 0 aliphatic rings. The van der Waals surface area contributed by atoms with Gasteiger partial charge in [-0.25, -0.2) is 4.68 Å². The van der Waals surface area contributed by atoms with Crippen molar-refractivity contribution in [1.29, 1.82) is 0 Å². The molecule has 150 valence electrons. The predicted octanol–water partition coefficient (Wildman–Crippen LogP) is 5.11. The van der Waals surface area contributed by atoms with Crippen molar-refractivity contribution in [2.24, 2.45) is 5.92 Å². The van der Waals surface area contributed by atoms with E-state index in [0.717, 1.165) is 35.7 Å². The summed E-state index contributed by atoms with van der Waals surface area (Å²) in [7, 11) is 0. The minimum atomic E-state index is 0.190. The third-order valence-corrected chi connectivity index (χ3v) is 5.41. The van der Waals surface area contributed by atoms with Crippen molar-refractivity contribution < 1.29 is 0 Å². The lowest BCUT2D eigenvalue weighted by atomic mass is 10.1. The lowest BCUT2D eigenvalue weighted by molar-refractivity contribution is 0.564. The fraction of sp³-hybridized carbons (Fsp3) is 0.333. The molecule has 2 aromatic carbocycles. The van der Waals surface area contributed by atoms with Crippen LogP contribution in [0.15, 0.2) is 54.7 Å². The molecule has 4 rings (SSSR count). The molecule has 0 aliphatic carbocycles. The highest BCUT2D eigenvalue weighted by atomic mass is 15.3. The number of nitrogens with zero attached hydrogens (tertiary/aromatic N) is 3. The Balaban J connectivity index is 1.51. The van der Waals surface area contributed by atoms with Crippen LogP contribution in [0.4, 0.5) is 0 Å². The predicted molar refractivity (Wildman–Crippen MR) is 118 cm³/mol. The van der Waals surface area contributed by atoms with Gasteiger partial charge in [-0.1, -0.05) is 50.2 Å². The average Bonchev–Trinajstić information content (AvgIpc) is 3.31. The molecule has 2 aromatic heterocycles. The highest BCUT2D eigenvalue weighted by Crippen LogP contribution is 2.26. The Bertz CT molecular complexity index is 1100. The fourth-order valence-electron chi connectivity index (χ4n) is 3.88. The second-order valence-electron chi connectivity index (χ2n) is 8.18. The van der Waals surface area contributed by atoms with Gasteiger partial charge in [0.25, 0.3) is 0 Å². The second kappa shape index (κ2) is 8.21. The summed E-state index contributed by atoms with van der Waals surface area (Å²) in [6.45, 7) is 9.50. The molecule has 0 amide bonds. The number of H-pyrrole nitrogens is 1. The summed E-state index contributed by atoms with van der Waals surface area (Å²) in [4.78, 5) is 0. The van der Waals surface area contributed by atoms with E-state index in [0.29, 0.717) is 5.92 Å². The minimum absolute atomic E-state index is 0.190. The maximum atomic E-state index is 4.71. The standard InChI is InChI=1S/C24H29N5/c1-16(2)12-20-13-21(28-27-20)14-25-17(3)23-15-26-29(18(23)4)24-11-7-9-19-8-5-6-10-22(19)24/h5-11,13,15-17,25H,12,14H2,1-4H3,(H,27,28). The molecule has 1 atom stereocenters. The highest BCUT2D eigenvalue weighted by Gasteiger charge is 2.15. The second-order valence-corrected chi connectivity index (χ2v) is 8.18. The smallest absolute Gasteiger partial charge is 0.0727 e. The number of aromatic nitrogens is 4. The molecule has 0 spiro atoms. The van der Waals surface area contributed by atoms with Gasteiger partial charge in [0.15, 0.2) is 0 Å². The van der Waals surface area contributed by atoms with Crippen LogP contribution in [0, 0.1) is 12.8 Å². The van der Waals surface area contributed by atoms with Gasteiger partial charge in [-0.2, -0.15) is 10.2 Å². The van der Waals surface area contributed by atoms with Crippen molar-refractivity contribution in [2.75, 3.05) is 0 Å². The third kappa shape index (κ3) is 4.10. The first-order valence-corrected chi connectivity index (χ1v) is 10.3. The molecule has 2 heterocycles. The van der Waals surface area contributed by atoms with Crippen LogP contribution < -0.4 is 5.32 Å². The fourth-order valence-corrected chi connectivity index (χ4v) is 3.88. The van der Waals surface area contributed by atoms with Gasteiger partial charge in [-0.3, -0.25) is 5.10 Å². The van der Waals surface area contributed by atoms with E-state index in [-0.39, 0.29) is 6.04 Å². The Hall–Kier alpha value is -2.92. The van der Waals surface area contributed by atoms with E-state index in [9.17, 15) is 0 Å². The van der Waals surface area contributed by atoms with Crippen LogP contribution in [0.5, 0.6) is 0 Å². The molecule has 0 radical (unpaired) electrons. The van der Waals surface area contributed by atoms with Crippen molar-refractivity contribution in [1.82, 2.24) is 25.3 Å². The molecular weight excluding hydrogens is 358 g/mol. The van der Waals surface area contributed by atoms with Gasteiger partial charge < -0.3 is 5.32 Å². The Morgan fingerprint density at radius 3 is 2.69 bits per heavy atom. The number of nitrogens with one attached hydrogen (secondary N) is 2. The van der Waals surface area contributed by atoms with Gasteiger partial charge in [-0.05, 0) is 43.7 Å². The first kappa shape index (κ1) is 19.4. The minimum Gasteiger partial charge on any atom is -0.304 e. The first-order chi connectivity index (χ1) is 14.0. The SMILES string of the molecule is Cc1c(C(C)NCc2cc(CC(C)C)n[nH]2)cnn1-c1cccc2ccccc12. The topological polar surface area (TPSA) is 58.5 Å². The van der Waals surface area contributed by atoms with Gasteiger partial charge in [0, 0.05) is 34.9 Å². The highest BCUT2D eigenvalue weighted by molar-refractivity contribution is 5.90. The van der Waals surface area contributed by atoms with E-state index in [4.69, 9.17) is 5.10 Å². The molecule has 0 fully saturated rings. The maximum Gasteiger partial charge on any atom is 0.0727 e. The molecular formula is C24H29N5. The summed E-state index contributed by atoms with van der Waals surface area (Å²) in [5.74, 6) is 0.612. The molecule has 0 saturated heterocycles. The quantitative estimate of drug-likeness (QED) is 0.463. The van der Waals surface area contributed by atoms with E-state index >= 15 is 0 Å². The zero-order valence-corrected chi connectivity index (χ0v) is 17.6. The van der Waals surface area contributed by atoms with Crippen molar-refractivity contribution in [2.45, 2.75) is 46.7 Å². The number of aromatic amines is 1. The van der Waals surface area contributed by atoms with Crippen LogP contribution in [0.2, 0.25) is 0 Å². The number of benzene rings is 2. The van der Waals surface area contributed by atoms with E-state index < -0.39 is 0 Å². The molecule has 2 N–H and O–H groups in total. The molecule has 4 aromatic rings. The van der Waals surface area contributed by atoms with Crippen molar-refractivity contribution in [3.63, 3.8) is 0 Å². The molecule has 5 nitrogen and oxygen atoms in total. The van der Waals surface area contributed by atoms with Crippen molar-refractivity contribution in [3.8, 4) is 5.69 Å². The molecule has 0 aliphatic heterocycles. The van der Waals surface area contributed by atoms with Crippen LogP contribution in [-0.4, -0.2) is 20.0 Å².